The zero-order chi connectivity index (χ0) is 17.3. The molecule has 0 fully saturated rings. The molecule has 0 spiro atoms. The molecule has 0 aromatic heterocycles. The fraction of sp³-hybridized carbons (Fsp3) is 0.316. The third-order valence-electron chi connectivity index (χ3n) is 3.70. The van der Waals surface area contributed by atoms with Crippen molar-refractivity contribution in [1.29, 1.82) is 0 Å². The molecule has 0 radical (unpaired) electrons. The quantitative estimate of drug-likeness (QED) is 0.541. The normalized spacial score (nSPS) is 13.2. The molecule has 1 N–H and O–H groups in total. The minimum atomic E-state index is -3.84. The molecule has 0 aliphatic rings. The van der Waals surface area contributed by atoms with Crippen LogP contribution in [0.2, 0.25) is 0 Å². The maximum Gasteiger partial charge on any atom is 0.378 e. The van der Waals surface area contributed by atoms with Gasteiger partial charge in [0.05, 0.1) is 6.16 Å². The van der Waals surface area contributed by atoms with Crippen molar-refractivity contribution in [3.05, 3.63) is 71.8 Å². The van der Waals surface area contributed by atoms with Gasteiger partial charge in [-0.15, -0.1) is 0 Å². The van der Waals surface area contributed by atoms with Crippen LogP contribution in [0.4, 0.5) is 0 Å². The smallest absolute Gasteiger partial charge is 0.378 e. The molecular weight excluding hydrogens is 323 g/mol. The molecule has 0 saturated heterocycles. The zero-order valence-electron chi connectivity index (χ0n) is 13.6. The zero-order valence-corrected chi connectivity index (χ0v) is 14.5. The van der Waals surface area contributed by atoms with E-state index in [1.807, 2.05) is 60.7 Å². The fourth-order valence-electron chi connectivity index (χ4n) is 2.43. The van der Waals surface area contributed by atoms with Crippen molar-refractivity contribution in [1.82, 2.24) is 0 Å². The van der Waals surface area contributed by atoms with Gasteiger partial charge in [-0.2, -0.15) is 0 Å². The Balaban J connectivity index is 1.66. The molecule has 0 aliphatic heterocycles. The third kappa shape index (κ3) is 7.12. The lowest BCUT2D eigenvalue weighted by Crippen LogP contribution is -2.06. The van der Waals surface area contributed by atoms with E-state index in [0.717, 1.165) is 18.4 Å². The Bertz CT molecular complexity index is 670. The van der Waals surface area contributed by atoms with Crippen molar-refractivity contribution < 1.29 is 18.8 Å². The average Bonchev–Trinajstić information content (AvgIpc) is 2.58. The van der Waals surface area contributed by atoms with Crippen molar-refractivity contribution in [2.45, 2.75) is 32.1 Å². The van der Waals surface area contributed by atoms with Crippen LogP contribution in [0.15, 0.2) is 60.7 Å². The maximum absolute atomic E-state index is 12.0. The summed E-state index contributed by atoms with van der Waals surface area (Å²) in [5.41, 5.74) is 2.20. The Labute approximate surface area is 143 Å². The van der Waals surface area contributed by atoms with E-state index in [1.165, 1.54) is 5.56 Å². The van der Waals surface area contributed by atoms with Crippen LogP contribution in [0.1, 0.15) is 30.4 Å². The number of carbonyl (C=O) groups excluding carboxylic acids is 1. The second kappa shape index (κ2) is 9.41. The number of unbranched alkanes of at least 4 members (excludes halogenated alkanes) is 1. The van der Waals surface area contributed by atoms with Gasteiger partial charge in [0.2, 0.25) is 0 Å². The van der Waals surface area contributed by atoms with E-state index in [-0.39, 0.29) is 12.6 Å². The van der Waals surface area contributed by atoms with Crippen LogP contribution in [-0.4, -0.2) is 17.0 Å². The number of carbonyl (C=O) groups is 1. The second-order valence-electron chi connectivity index (χ2n) is 5.75. The lowest BCUT2D eigenvalue weighted by molar-refractivity contribution is -0.134. The maximum atomic E-state index is 12.0. The summed E-state index contributed by atoms with van der Waals surface area (Å²) in [7, 11) is -3.84. The predicted molar refractivity (Wildman–Crippen MR) is 94.9 cm³/mol. The molecule has 4 nitrogen and oxygen atoms in total. The molecular formula is C19H23O4P. The highest BCUT2D eigenvalue weighted by Gasteiger charge is 2.23. The van der Waals surface area contributed by atoms with Crippen LogP contribution in [0, 0.1) is 0 Å². The fourth-order valence-corrected chi connectivity index (χ4v) is 3.55. The predicted octanol–water partition coefficient (Wildman–Crippen LogP) is 4.37. The molecule has 0 heterocycles. The van der Waals surface area contributed by atoms with E-state index in [4.69, 9.17) is 4.52 Å². The van der Waals surface area contributed by atoms with Crippen molar-refractivity contribution >= 4 is 13.6 Å². The van der Waals surface area contributed by atoms with Crippen LogP contribution in [-0.2, 0) is 26.7 Å². The second-order valence-corrected chi connectivity index (χ2v) is 7.66. The van der Waals surface area contributed by atoms with E-state index in [0.29, 0.717) is 12.8 Å². The van der Waals surface area contributed by atoms with Gasteiger partial charge >= 0.3 is 13.6 Å². The van der Waals surface area contributed by atoms with Gasteiger partial charge in [0.25, 0.3) is 0 Å². The minimum Gasteiger partial charge on any atom is -0.392 e. The van der Waals surface area contributed by atoms with Gasteiger partial charge in [0.1, 0.15) is 0 Å². The van der Waals surface area contributed by atoms with E-state index >= 15 is 0 Å². The van der Waals surface area contributed by atoms with E-state index in [9.17, 15) is 14.3 Å². The molecule has 1 unspecified atom stereocenters. The summed E-state index contributed by atoms with van der Waals surface area (Å²) in [5, 5.41) is 0. The van der Waals surface area contributed by atoms with Crippen LogP contribution in [0.5, 0.6) is 0 Å². The number of aryl methyl sites for hydroxylation is 2. The van der Waals surface area contributed by atoms with E-state index < -0.39 is 13.6 Å². The standard InChI is InChI=1S/C19H23O4P/c20-19(15-14-18-11-5-2-6-12-18)23-24(21,22)16-8-7-13-17-9-3-1-4-10-17/h1-6,9-12H,7-8,13-16H2,(H,21,22). The number of hydrogen-bond acceptors (Lipinski definition) is 3. The Hall–Kier alpha value is -1.90. The molecule has 0 bridgehead atoms. The first-order chi connectivity index (χ1) is 11.6. The van der Waals surface area contributed by atoms with Gasteiger partial charge in [0, 0.05) is 6.42 Å². The molecule has 1 atom stereocenters. The highest BCUT2D eigenvalue weighted by atomic mass is 31.2. The molecule has 2 aromatic rings. The van der Waals surface area contributed by atoms with Crippen LogP contribution in [0.3, 0.4) is 0 Å². The highest BCUT2D eigenvalue weighted by Crippen LogP contribution is 2.43. The molecule has 0 saturated carbocycles. The Kier molecular flexibility index (Phi) is 7.23. The Morgan fingerprint density at radius 2 is 1.42 bits per heavy atom. The van der Waals surface area contributed by atoms with Gasteiger partial charge in [0.15, 0.2) is 0 Å². The van der Waals surface area contributed by atoms with Crippen molar-refractivity contribution in [2.75, 3.05) is 6.16 Å². The van der Waals surface area contributed by atoms with Crippen LogP contribution < -0.4 is 0 Å². The summed E-state index contributed by atoms with van der Waals surface area (Å²) >= 11 is 0. The summed E-state index contributed by atoms with van der Waals surface area (Å²) in [6.07, 6.45) is 2.82. The van der Waals surface area contributed by atoms with Gasteiger partial charge < -0.3 is 9.42 Å². The van der Waals surface area contributed by atoms with Crippen LogP contribution >= 0.6 is 7.60 Å². The average molecular weight is 346 g/mol. The van der Waals surface area contributed by atoms with Gasteiger partial charge in [-0.1, -0.05) is 60.7 Å². The molecule has 24 heavy (non-hydrogen) atoms. The number of hydrogen-bond donors (Lipinski definition) is 1. The molecule has 2 rings (SSSR count). The molecule has 2 aromatic carbocycles. The highest BCUT2D eigenvalue weighted by molar-refractivity contribution is 7.53. The molecule has 0 amide bonds. The van der Waals surface area contributed by atoms with Crippen molar-refractivity contribution in [3.8, 4) is 0 Å². The monoisotopic (exact) mass is 346 g/mol. The van der Waals surface area contributed by atoms with Gasteiger partial charge in [-0.3, -0.25) is 4.79 Å². The largest absolute Gasteiger partial charge is 0.392 e. The number of benzene rings is 2. The summed E-state index contributed by atoms with van der Waals surface area (Å²) in [6, 6.07) is 19.5. The molecule has 128 valence electrons. The van der Waals surface area contributed by atoms with Crippen molar-refractivity contribution in [3.63, 3.8) is 0 Å². The Morgan fingerprint density at radius 1 is 0.875 bits per heavy atom. The first-order valence-corrected chi connectivity index (χ1v) is 9.93. The van der Waals surface area contributed by atoms with Crippen molar-refractivity contribution in [2.24, 2.45) is 0 Å². The SMILES string of the molecule is O=C(CCc1ccccc1)OP(=O)(O)CCCCc1ccccc1. The van der Waals surface area contributed by atoms with E-state index in [2.05, 4.69) is 0 Å². The Morgan fingerprint density at radius 3 is 2.00 bits per heavy atom. The third-order valence-corrected chi connectivity index (χ3v) is 5.07. The number of rotatable bonds is 9. The molecule has 0 aliphatic carbocycles. The first kappa shape index (κ1) is 18.4. The summed E-state index contributed by atoms with van der Waals surface area (Å²) in [4.78, 5) is 21.5. The van der Waals surface area contributed by atoms with E-state index in [1.54, 1.807) is 0 Å². The van der Waals surface area contributed by atoms with Crippen LogP contribution in [0.25, 0.3) is 0 Å². The summed E-state index contributed by atoms with van der Waals surface area (Å²) in [5.74, 6) is -0.618. The lowest BCUT2D eigenvalue weighted by atomic mass is 10.1. The topological polar surface area (TPSA) is 63.6 Å². The van der Waals surface area contributed by atoms with Gasteiger partial charge in [-0.25, -0.2) is 4.57 Å². The lowest BCUT2D eigenvalue weighted by Gasteiger charge is -2.12. The summed E-state index contributed by atoms with van der Waals surface area (Å²) in [6.45, 7) is 0. The molecule has 5 heteroatoms. The van der Waals surface area contributed by atoms with Gasteiger partial charge in [-0.05, 0) is 36.8 Å². The first-order valence-electron chi connectivity index (χ1n) is 8.17. The minimum absolute atomic E-state index is 0.0108. The summed E-state index contributed by atoms with van der Waals surface area (Å²) < 4.78 is 16.7.